The lowest BCUT2D eigenvalue weighted by Crippen LogP contribution is -2.13. The van der Waals surface area contributed by atoms with Gasteiger partial charge in [-0.2, -0.15) is 0 Å². The van der Waals surface area contributed by atoms with Crippen LogP contribution >= 0.6 is 0 Å². The molecule has 0 saturated heterocycles. The average molecular weight is 384 g/mol. The smallest absolute Gasteiger partial charge is 0.261 e. The fourth-order valence-corrected chi connectivity index (χ4v) is 3.25. The fraction of sp³-hybridized carbons (Fsp3) is 0.0476. The first kappa shape index (κ1) is 16.9. The van der Waals surface area contributed by atoms with Crippen LogP contribution in [0, 0.1) is 0 Å². The maximum Gasteiger partial charge on any atom is 0.261 e. The Morgan fingerprint density at radius 3 is 2.62 bits per heavy atom. The molecular formula is C21H16N6O2. The van der Waals surface area contributed by atoms with Crippen molar-refractivity contribution < 1.29 is 4.74 Å². The highest BCUT2D eigenvalue weighted by atomic mass is 16.5. The number of anilines is 1. The van der Waals surface area contributed by atoms with E-state index in [-0.39, 0.29) is 12.2 Å². The van der Waals surface area contributed by atoms with Gasteiger partial charge in [-0.3, -0.25) is 4.79 Å². The largest absolute Gasteiger partial charge is 0.486 e. The molecule has 0 fully saturated rings. The third kappa shape index (κ3) is 3.06. The van der Waals surface area contributed by atoms with E-state index in [1.54, 1.807) is 36.7 Å². The number of fused-ring (bicyclic) bond motifs is 2. The summed E-state index contributed by atoms with van der Waals surface area (Å²) in [5, 5.41) is 0.673. The summed E-state index contributed by atoms with van der Waals surface area (Å²) in [5.74, 6) is 1.60. The van der Waals surface area contributed by atoms with Crippen molar-refractivity contribution in [2.45, 2.75) is 6.61 Å². The summed E-state index contributed by atoms with van der Waals surface area (Å²) in [6.45, 7) is 0.228. The summed E-state index contributed by atoms with van der Waals surface area (Å²) in [7, 11) is 0. The Bertz CT molecular complexity index is 1360. The Morgan fingerprint density at radius 2 is 1.79 bits per heavy atom. The molecule has 5 aromatic rings. The maximum atomic E-state index is 12.7. The van der Waals surface area contributed by atoms with Gasteiger partial charge in [0.2, 0.25) is 0 Å². The van der Waals surface area contributed by atoms with Crippen LogP contribution in [0.5, 0.6) is 5.75 Å². The molecule has 0 aliphatic rings. The van der Waals surface area contributed by atoms with Crippen molar-refractivity contribution in [3.8, 4) is 17.1 Å². The van der Waals surface area contributed by atoms with Crippen LogP contribution in [-0.2, 0) is 6.61 Å². The quantitative estimate of drug-likeness (QED) is 0.438. The second kappa shape index (κ2) is 6.75. The maximum absolute atomic E-state index is 12.7. The molecule has 4 N–H and O–H groups in total. The number of nitrogens with two attached hydrogens (primary N) is 1. The van der Waals surface area contributed by atoms with Gasteiger partial charge in [-0.15, -0.1) is 0 Å². The highest BCUT2D eigenvalue weighted by Gasteiger charge is 2.16. The third-order valence-corrected chi connectivity index (χ3v) is 4.64. The van der Waals surface area contributed by atoms with Crippen LogP contribution in [0.4, 0.5) is 5.69 Å². The van der Waals surface area contributed by atoms with Gasteiger partial charge in [-0.25, -0.2) is 15.0 Å². The fourth-order valence-electron chi connectivity index (χ4n) is 3.25. The van der Waals surface area contributed by atoms with Crippen LogP contribution in [0.1, 0.15) is 5.82 Å². The van der Waals surface area contributed by atoms with Crippen LogP contribution in [0.3, 0.4) is 0 Å². The third-order valence-electron chi connectivity index (χ3n) is 4.64. The molecule has 0 amide bonds. The number of pyridine rings is 1. The molecule has 0 atom stereocenters. The topological polar surface area (TPSA) is 123 Å². The number of nitrogen functional groups attached to an aromatic ring is 1. The van der Waals surface area contributed by atoms with Crippen molar-refractivity contribution in [2.24, 2.45) is 0 Å². The first-order valence-corrected chi connectivity index (χ1v) is 8.98. The molecule has 2 aromatic carbocycles. The molecule has 142 valence electrons. The van der Waals surface area contributed by atoms with E-state index in [1.165, 1.54) is 0 Å². The number of aromatic amines is 2. The van der Waals surface area contributed by atoms with Gasteiger partial charge in [0.1, 0.15) is 23.7 Å². The predicted molar refractivity (Wildman–Crippen MR) is 110 cm³/mol. The van der Waals surface area contributed by atoms with Gasteiger partial charge in [-0.05, 0) is 36.4 Å². The summed E-state index contributed by atoms with van der Waals surface area (Å²) < 4.78 is 5.78. The number of aromatic nitrogens is 5. The van der Waals surface area contributed by atoms with Crippen molar-refractivity contribution >= 4 is 27.6 Å². The lowest BCUT2D eigenvalue weighted by atomic mass is 10.1. The van der Waals surface area contributed by atoms with Crippen molar-refractivity contribution in [2.75, 3.05) is 5.73 Å². The van der Waals surface area contributed by atoms with Crippen LogP contribution in [0.25, 0.3) is 33.3 Å². The number of H-pyrrole nitrogens is 2. The first-order chi connectivity index (χ1) is 14.2. The number of nitrogens with one attached hydrogen (secondary N) is 2. The monoisotopic (exact) mass is 384 g/mol. The molecule has 0 unspecified atom stereocenters. The number of para-hydroxylation sites is 2. The molecule has 8 heteroatoms. The van der Waals surface area contributed by atoms with E-state index in [9.17, 15) is 4.79 Å². The van der Waals surface area contributed by atoms with E-state index in [2.05, 4.69) is 24.9 Å². The molecule has 5 rings (SSSR count). The molecular weight excluding hydrogens is 368 g/mol. The molecule has 29 heavy (non-hydrogen) atoms. The Kier molecular flexibility index (Phi) is 3.94. The number of hydrogen-bond acceptors (Lipinski definition) is 6. The molecule has 0 aliphatic heterocycles. The van der Waals surface area contributed by atoms with Crippen molar-refractivity contribution in [3.05, 3.63) is 77.1 Å². The van der Waals surface area contributed by atoms with Gasteiger partial charge in [0.05, 0.1) is 22.2 Å². The number of rotatable bonds is 4. The summed E-state index contributed by atoms with van der Waals surface area (Å²) >= 11 is 0. The van der Waals surface area contributed by atoms with E-state index in [1.807, 2.05) is 24.3 Å². The molecule has 3 aromatic heterocycles. The average Bonchev–Trinajstić information content (AvgIpc) is 3.17. The van der Waals surface area contributed by atoms with Gasteiger partial charge >= 0.3 is 0 Å². The van der Waals surface area contributed by atoms with Gasteiger partial charge in [-0.1, -0.05) is 12.1 Å². The second-order valence-corrected chi connectivity index (χ2v) is 6.51. The van der Waals surface area contributed by atoms with Crippen molar-refractivity contribution in [1.29, 1.82) is 0 Å². The lowest BCUT2D eigenvalue weighted by Gasteiger charge is -2.10. The predicted octanol–water partition coefficient (Wildman–Crippen LogP) is 3.02. The van der Waals surface area contributed by atoms with Crippen LogP contribution in [0.15, 0.2) is 65.7 Å². The summed E-state index contributed by atoms with van der Waals surface area (Å²) in [6, 6.07) is 14.6. The van der Waals surface area contributed by atoms with E-state index in [0.717, 1.165) is 11.0 Å². The summed E-state index contributed by atoms with van der Waals surface area (Å²) in [5.41, 5.74) is 8.95. The zero-order valence-electron chi connectivity index (χ0n) is 15.2. The molecule has 0 saturated carbocycles. The van der Waals surface area contributed by atoms with Crippen molar-refractivity contribution in [1.82, 2.24) is 24.9 Å². The molecule has 0 bridgehead atoms. The van der Waals surface area contributed by atoms with Crippen LogP contribution < -0.4 is 16.0 Å². The zero-order valence-corrected chi connectivity index (χ0v) is 15.2. The summed E-state index contributed by atoms with van der Waals surface area (Å²) in [6.07, 6.45) is 3.32. The molecule has 0 spiro atoms. The number of hydrogen-bond donors (Lipinski definition) is 3. The second-order valence-electron chi connectivity index (χ2n) is 6.51. The minimum atomic E-state index is -0.305. The Hall–Kier alpha value is -4.20. The van der Waals surface area contributed by atoms with Crippen LogP contribution in [-0.4, -0.2) is 24.9 Å². The first-order valence-electron chi connectivity index (χ1n) is 8.98. The SMILES string of the molecule is Nc1c(-c2nc3ccccc3[nH]2)c(=O)[nH]c2ccc(OCc3ncccn3)cc12. The molecule has 0 radical (unpaired) electrons. The minimum Gasteiger partial charge on any atom is -0.486 e. The Labute approximate surface area is 164 Å². The van der Waals surface area contributed by atoms with Gasteiger partial charge in [0.25, 0.3) is 5.56 Å². The number of ether oxygens (including phenoxy) is 1. The number of imidazole rings is 1. The van der Waals surface area contributed by atoms with E-state index < -0.39 is 0 Å². The van der Waals surface area contributed by atoms with Gasteiger partial charge in [0.15, 0.2) is 5.82 Å². The van der Waals surface area contributed by atoms with Crippen molar-refractivity contribution in [3.63, 3.8) is 0 Å². The van der Waals surface area contributed by atoms with E-state index in [4.69, 9.17) is 10.5 Å². The number of nitrogens with zero attached hydrogens (tertiary/aromatic N) is 3. The standard InChI is InChI=1S/C21H16N6O2/c22-19-13-10-12(29-11-17-23-8-3-9-24-17)6-7-14(13)27-21(28)18(19)20-25-15-4-1-2-5-16(15)26-20/h1-10H,11H2,(H,25,26)(H3,22,27,28). The highest BCUT2D eigenvalue weighted by Crippen LogP contribution is 2.30. The Balaban J connectivity index is 1.57. The van der Waals surface area contributed by atoms with E-state index in [0.29, 0.717) is 39.6 Å². The molecule has 3 heterocycles. The molecule has 8 nitrogen and oxygen atoms in total. The minimum absolute atomic E-state index is 0.228. The van der Waals surface area contributed by atoms with Gasteiger partial charge in [0, 0.05) is 17.8 Å². The zero-order chi connectivity index (χ0) is 19.8. The normalized spacial score (nSPS) is 11.2. The molecule has 0 aliphatic carbocycles. The highest BCUT2D eigenvalue weighted by molar-refractivity contribution is 5.98. The lowest BCUT2D eigenvalue weighted by molar-refractivity contribution is 0.296. The van der Waals surface area contributed by atoms with Gasteiger partial charge < -0.3 is 20.4 Å². The summed E-state index contributed by atoms with van der Waals surface area (Å²) in [4.78, 5) is 31.5. The Morgan fingerprint density at radius 1 is 0.966 bits per heavy atom. The number of benzene rings is 2. The van der Waals surface area contributed by atoms with E-state index >= 15 is 0 Å². The van der Waals surface area contributed by atoms with Crippen LogP contribution in [0.2, 0.25) is 0 Å².